The van der Waals surface area contributed by atoms with Crippen LogP contribution in [0, 0.1) is 0 Å². The van der Waals surface area contributed by atoms with E-state index in [1.165, 1.54) is 0 Å². The van der Waals surface area contributed by atoms with Gasteiger partial charge in [0.25, 0.3) is 5.56 Å². The summed E-state index contributed by atoms with van der Waals surface area (Å²) in [7, 11) is 0. The summed E-state index contributed by atoms with van der Waals surface area (Å²) in [6.07, 6.45) is -0.751. The molecule has 10 heteroatoms. The molecule has 2 aromatic heterocycles. The molecule has 0 saturated carbocycles. The second kappa shape index (κ2) is 7.80. The van der Waals surface area contributed by atoms with E-state index in [2.05, 4.69) is 25.4 Å². The zero-order valence-corrected chi connectivity index (χ0v) is 16.0. The average molecular weight is 411 g/mol. The number of para-hydroxylation sites is 1. The number of ether oxygens (including phenoxy) is 1. The number of halogens is 1. The predicted molar refractivity (Wildman–Crippen MR) is 105 cm³/mol. The van der Waals surface area contributed by atoms with Crippen molar-refractivity contribution in [3.8, 4) is 11.4 Å². The summed E-state index contributed by atoms with van der Waals surface area (Å²) in [5, 5.41) is 13.0. The average Bonchev–Trinajstić information content (AvgIpc) is 3.16. The number of nitrogens with one attached hydrogen (secondary N) is 1. The van der Waals surface area contributed by atoms with Gasteiger partial charge in [0.05, 0.1) is 10.9 Å². The standard InChI is InChI=1S/C19H15ClN6O3/c1-11(17-21-15-5-3-2-4-14(15)19(28)22-17)29-16(27)10-26-24-18(23-25-26)12-6-8-13(20)9-7-12/h2-9,11H,10H2,1H3,(H,21,22,28)/t11-/m0/s1. The van der Waals surface area contributed by atoms with Gasteiger partial charge in [-0.05, 0) is 48.5 Å². The van der Waals surface area contributed by atoms with Crippen molar-refractivity contribution in [2.75, 3.05) is 0 Å². The number of benzene rings is 2. The van der Waals surface area contributed by atoms with Crippen LogP contribution < -0.4 is 5.56 Å². The highest BCUT2D eigenvalue weighted by Crippen LogP contribution is 2.17. The molecule has 146 valence electrons. The fourth-order valence-electron chi connectivity index (χ4n) is 2.73. The molecule has 0 saturated heterocycles. The molecule has 0 aliphatic heterocycles. The highest BCUT2D eigenvalue weighted by Gasteiger charge is 2.17. The first-order valence-corrected chi connectivity index (χ1v) is 9.09. The van der Waals surface area contributed by atoms with Gasteiger partial charge in [-0.1, -0.05) is 23.7 Å². The van der Waals surface area contributed by atoms with Gasteiger partial charge in [-0.15, -0.1) is 10.2 Å². The van der Waals surface area contributed by atoms with Crippen molar-refractivity contribution in [1.82, 2.24) is 30.2 Å². The Morgan fingerprint density at radius 3 is 2.76 bits per heavy atom. The van der Waals surface area contributed by atoms with Crippen molar-refractivity contribution >= 4 is 28.5 Å². The second-order valence-electron chi connectivity index (χ2n) is 6.25. The molecule has 0 bridgehead atoms. The third kappa shape index (κ3) is 4.14. The van der Waals surface area contributed by atoms with Gasteiger partial charge < -0.3 is 9.72 Å². The van der Waals surface area contributed by atoms with Gasteiger partial charge in [0.2, 0.25) is 5.82 Å². The molecular formula is C19H15ClN6O3. The van der Waals surface area contributed by atoms with Gasteiger partial charge >= 0.3 is 5.97 Å². The number of carbonyl (C=O) groups excluding carboxylic acids is 1. The molecule has 29 heavy (non-hydrogen) atoms. The van der Waals surface area contributed by atoms with Crippen LogP contribution in [0.4, 0.5) is 0 Å². The molecule has 1 N–H and O–H groups in total. The van der Waals surface area contributed by atoms with Crippen LogP contribution in [0.15, 0.2) is 53.3 Å². The van der Waals surface area contributed by atoms with E-state index in [0.717, 1.165) is 10.4 Å². The quantitative estimate of drug-likeness (QED) is 0.502. The molecule has 0 spiro atoms. The Balaban J connectivity index is 1.45. The maximum absolute atomic E-state index is 12.2. The number of carbonyl (C=O) groups is 1. The first-order chi connectivity index (χ1) is 14.0. The topological polar surface area (TPSA) is 116 Å². The highest BCUT2D eigenvalue weighted by atomic mass is 35.5. The van der Waals surface area contributed by atoms with Gasteiger partial charge in [-0.2, -0.15) is 4.80 Å². The largest absolute Gasteiger partial charge is 0.453 e. The molecule has 0 amide bonds. The van der Waals surface area contributed by atoms with Gasteiger partial charge in [0.15, 0.2) is 18.5 Å². The van der Waals surface area contributed by atoms with Crippen LogP contribution in [0.3, 0.4) is 0 Å². The summed E-state index contributed by atoms with van der Waals surface area (Å²) in [5.41, 5.74) is 0.957. The lowest BCUT2D eigenvalue weighted by molar-refractivity contribution is -0.150. The number of rotatable bonds is 5. The van der Waals surface area contributed by atoms with Crippen LogP contribution >= 0.6 is 11.6 Å². The SMILES string of the molecule is C[C@H](OC(=O)Cn1nnc(-c2ccc(Cl)cc2)n1)c1nc2ccccc2c(=O)[nH]1. The lowest BCUT2D eigenvalue weighted by Crippen LogP contribution is -2.20. The Hall–Kier alpha value is -3.59. The van der Waals surface area contributed by atoms with E-state index in [9.17, 15) is 9.59 Å². The van der Waals surface area contributed by atoms with Gasteiger partial charge in [-0.25, -0.2) is 9.78 Å². The minimum Gasteiger partial charge on any atom is -0.453 e. The number of nitrogens with zero attached hydrogens (tertiary/aromatic N) is 5. The molecule has 4 rings (SSSR count). The molecule has 9 nitrogen and oxygen atoms in total. The number of hydrogen-bond acceptors (Lipinski definition) is 7. The third-order valence-corrected chi connectivity index (χ3v) is 4.40. The van der Waals surface area contributed by atoms with Crippen molar-refractivity contribution in [3.63, 3.8) is 0 Å². The summed E-state index contributed by atoms with van der Waals surface area (Å²) in [4.78, 5) is 32.5. The number of hydrogen-bond donors (Lipinski definition) is 1. The Morgan fingerprint density at radius 2 is 1.97 bits per heavy atom. The molecule has 2 aromatic carbocycles. The molecule has 0 fully saturated rings. The summed E-state index contributed by atoms with van der Waals surface area (Å²) >= 11 is 5.86. The molecule has 1 atom stereocenters. The van der Waals surface area contributed by atoms with E-state index in [-0.39, 0.29) is 17.9 Å². The van der Waals surface area contributed by atoms with Crippen molar-refractivity contribution in [1.29, 1.82) is 0 Å². The molecular weight excluding hydrogens is 396 g/mol. The van der Waals surface area contributed by atoms with E-state index < -0.39 is 12.1 Å². The van der Waals surface area contributed by atoms with Crippen LogP contribution in [0.5, 0.6) is 0 Å². The zero-order valence-electron chi connectivity index (χ0n) is 15.2. The fraction of sp³-hybridized carbons (Fsp3) is 0.158. The van der Waals surface area contributed by atoms with E-state index in [4.69, 9.17) is 16.3 Å². The number of tetrazole rings is 1. The van der Waals surface area contributed by atoms with Crippen LogP contribution in [0.25, 0.3) is 22.3 Å². The lowest BCUT2D eigenvalue weighted by atomic mass is 10.2. The summed E-state index contributed by atoms with van der Waals surface area (Å²) < 4.78 is 5.36. The van der Waals surface area contributed by atoms with Gasteiger partial charge in [0, 0.05) is 10.6 Å². The van der Waals surface area contributed by atoms with Crippen LogP contribution in [-0.2, 0) is 16.1 Å². The van der Waals surface area contributed by atoms with Crippen molar-refractivity contribution in [2.24, 2.45) is 0 Å². The first-order valence-electron chi connectivity index (χ1n) is 8.72. The maximum Gasteiger partial charge on any atom is 0.330 e. The van der Waals surface area contributed by atoms with Crippen molar-refractivity contribution in [3.05, 3.63) is 69.7 Å². The normalized spacial score (nSPS) is 12.1. The fourth-order valence-corrected chi connectivity index (χ4v) is 2.85. The van der Waals surface area contributed by atoms with E-state index in [0.29, 0.717) is 21.7 Å². The predicted octanol–water partition coefficient (Wildman–Crippen LogP) is 2.53. The minimum atomic E-state index is -0.751. The van der Waals surface area contributed by atoms with E-state index in [1.807, 2.05) is 0 Å². The monoisotopic (exact) mass is 410 g/mol. The van der Waals surface area contributed by atoms with E-state index in [1.54, 1.807) is 55.5 Å². The summed E-state index contributed by atoms with van der Waals surface area (Å²) in [5.74, 6) is 0.0341. The maximum atomic E-state index is 12.2. The van der Waals surface area contributed by atoms with Crippen LogP contribution in [0.1, 0.15) is 18.9 Å². The first kappa shape index (κ1) is 18.8. The van der Waals surface area contributed by atoms with Crippen molar-refractivity contribution in [2.45, 2.75) is 19.6 Å². The number of fused-ring (bicyclic) bond motifs is 1. The number of H-pyrrole nitrogens is 1. The zero-order chi connectivity index (χ0) is 20.4. The Labute approximate surface area is 169 Å². The third-order valence-electron chi connectivity index (χ3n) is 4.15. The molecule has 0 aliphatic rings. The number of aromatic nitrogens is 6. The Bertz CT molecular complexity index is 1230. The molecule has 0 unspecified atom stereocenters. The van der Waals surface area contributed by atoms with Gasteiger partial charge in [0.1, 0.15) is 0 Å². The van der Waals surface area contributed by atoms with Crippen molar-refractivity contribution < 1.29 is 9.53 Å². The molecule has 0 aliphatic carbocycles. The molecule has 2 heterocycles. The minimum absolute atomic E-state index is 0.233. The summed E-state index contributed by atoms with van der Waals surface area (Å²) in [6, 6.07) is 13.9. The smallest absolute Gasteiger partial charge is 0.330 e. The number of aromatic amines is 1. The van der Waals surface area contributed by atoms with Crippen LogP contribution in [-0.4, -0.2) is 36.1 Å². The number of esters is 1. The summed E-state index contributed by atoms with van der Waals surface area (Å²) in [6.45, 7) is 1.39. The highest BCUT2D eigenvalue weighted by molar-refractivity contribution is 6.30. The molecule has 0 radical (unpaired) electrons. The van der Waals surface area contributed by atoms with Gasteiger partial charge in [-0.3, -0.25) is 4.79 Å². The lowest BCUT2D eigenvalue weighted by Gasteiger charge is -2.12. The molecule has 4 aromatic rings. The van der Waals surface area contributed by atoms with Crippen LogP contribution in [0.2, 0.25) is 5.02 Å². The Morgan fingerprint density at radius 1 is 1.21 bits per heavy atom. The van der Waals surface area contributed by atoms with E-state index >= 15 is 0 Å². The Kier molecular flexibility index (Phi) is 5.05. The second-order valence-corrected chi connectivity index (χ2v) is 6.69.